The van der Waals surface area contributed by atoms with Crippen molar-refractivity contribution in [1.29, 1.82) is 0 Å². The van der Waals surface area contributed by atoms with Crippen LogP contribution in [0.5, 0.6) is 5.75 Å². The number of fused-ring (bicyclic) bond motifs is 2. The molecule has 0 radical (unpaired) electrons. The van der Waals surface area contributed by atoms with Crippen LogP contribution < -0.4 is 4.74 Å². The van der Waals surface area contributed by atoms with E-state index in [9.17, 15) is 0 Å². The number of ether oxygens (including phenoxy) is 6. The highest BCUT2D eigenvalue weighted by Crippen LogP contribution is 2.31. The van der Waals surface area contributed by atoms with Gasteiger partial charge in [0.05, 0.1) is 60.0 Å². The van der Waals surface area contributed by atoms with E-state index in [1.807, 2.05) is 72.8 Å². The lowest BCUT2D eigenvalue weighted by molar-refractivity contribution is -0.0646. The molecule has 7 heteroatoms. The lowest BCUT2D eigenvalue weighted by atomic mass is 10.1. The zero-order chi connectivity index (χ0) is 25.0. The number of methoxy groups -OCH3 is 1. The zero-order valence-corrected chi connectivity index (χ0v) is 22.2. The number of rotatable bonds is 3. The van der Waals surface area contributed by atoms with E-state index in [-0.39, 0.29) is 12.2 Å². The minimum atomic E-state index is -0.201. The molecule has 0 aromatic heterocycles. The topological polar surface area (TPSA) is 55.4 Å². The lowest BCUT2D eigenvalue weighted by Gasteiger charge is -2.22. The summed E-state index contributed by atoms with van der Waals surface area (Å²) in [7, 11) is 1.67. The van der Waals surface area contributed by atoms with Crippen molar-refractivity contribution >= 4 is 15.9 Å². The fourth-order valence-electron chi connectivity index (χ4n) is 4.16. The van der Waals surface area contributed by atoms with Crippen molar-refractivity contribution in [3.05, 3.63) is 99.5 Å². The van der Waals surface area contributed by atoms with Crippen LogP contribution in [0.25, 0.3) is 0 Å². The van der Waals surface area contributed by atoms with Crippen LogP contribution in [0.4, 0.5) is 0 Å². The predicted octanol–water partition coefficient (Wildman–Crippen LogP) is 6.04. The molecule has 1 aliphatic heterocycles. The van der Waals surface area contributed by atoms with E-state index in [1.54, 1.807) is 7.11 Å². The van der Waals surface area contributed by atoms with E-state index in [4.69, 9.17) is 28.4 Å². The first-order chi connectivity index (χ1) is 17.7. The Bertz CT molecular complexity index is 968. The van der Waals surface area contributed by atoms with Gasteiger partial charge in [0.15, 0.2) is 0 Å². The van der Waals surface area contributed by atoms with Gasteiger partial charge in [-0.2, -0.15) is 0 Å². The summed E-state index contributed by atoms with van der Waals surface area (Å²) in [4.78, 5) is 0. The highest BCUT2D eigenvalue weighted by molar-refractivity contribution is 9.10. The highest BCUT2D eigenvalue weighted by atomic mass is 79.9. The van der Waals surface area contributed by atoms with E-state index in [0.717, 1.165) is 32.5 Å². The van der Waals surface area contributed by atoms with Crippen molar-refractivity contribution in [2.45, 2.75) is 25.4 Å². The Morgan fingerprint density at radius 3 is 1.58 bits per heavy atom. The second-order valence-corrected chi connectivity index (χ2v) is 9.36. The van der Waals surface area contributed by atoms with Gasteiger partial charge in [0.25, 0.3) is 0 Å². The largest absolute Gasteiger partial charge is 0.496 e. The van der Waals surface area contributed by atoms with E-state index < -0.39 is 0 Å². The van der Waals surface area contributed by atoms with Crippen LogP contribution in [0.1, 0.15) is 34.5 Å². The standard InChI is InChI=1S/C29H33BrO6/c1-31-29-24-16-26(30)17-25(29)19-34-21-28(23-10-6-3-7-11-23)36-15-13-32-12-14-35-27(20-33-18-24)22-8-4-2-5-9-22/h2-11,16-17,27-28H,12-15,18-21H2,1H3/t27-,28-/m1/s1. The fraction of sp³-hybridized carbons (Fsp3) is 0.379. The Morgan fingerprint density at radius 1 is 0.667 bits per heavy atom. The van der Waals surface area contributed by atoms with Gasteiger partial charge in [-0.05, 0) is 23.3 Å². The van der Waals surface area contributed by atoms with Crippen LogP contribution in [-0.4, -0.2) is 46.8 Å². The first-order valence-electron chi connectivity index (χ1n) is 12.2. The summed E-state index contributed by atoms with van der Waals surface area (Å²) in [6, 6.07) is 24.2. The molecule has 0 fully saturated rings. The van der Waals surface area contributed by atoms with Gasteiger partial charge in [-0.1, -0.05) is 76.6 Å². The van der Waals surface area contributed by atoms with Crippen LogP contribution in [0.2, 0.25) is 0 Å². The maximum atomic E-state index is 6.15. The van der Waals surface area contributed by atoms with Crippen molar-refractivity contribution in [3.8, 4) is 5.75 Å². The van der Waals surface area contributed by atoms with Crippen LogP contribution in [-0.2, 0) is 36.9 Å². The summed E-state index contributed by atoms with van der Waals surface area (Å²) in [5.41, 5.74) is 4.02. The third-order valence-electron chi connectivity index (χ3n) is 5.90. The van der Waals surface area contributed by atoms with Crippen LogP contribution in [0.15, 0.2) is 77.3 Å². The molecule has 0 saturated heterocycles. The van der Waals surface area contributed by atoms with E-state index in [0.29, 0.717) is 52.9 Å². The molecule has 0 N–H and O–H groups in total. The molecule has 3 aromatic carbocycles. The van der Waals surface area contributed by atoms with E-state index >= 15 is 0 Å². The van der Waals surface area contributed by atoms with Gasteiger partial charge in [-0.25, -0.2) is 0 Å². The molecule has 192 valence electrons. The average molecular weight is 557 g/mol. The molecular weight excluding hydrogens is 524 g/mol. The van der Waals surface area contributed by atoms with Crippen LogP contribution in [0, 0.1) is 0 Å². The van der Waals surface area contributed by atoms with E-state index in [1.165, 1.54) is 0 Å². The van der Waals surface area contributed by atoms with Crippen LogP contribution >= 0.6 is 15.9 Å². The van der Waals surface area contributed by atoms with Gasteiger partial charge in [0.2, 0.25) is 0 Å². The molecule has 4 rings (SSSR count). The maximum Gasteiger partial charge on any atom is 0.129 e. The minimum absolute atomic E-state index is 0.201. The van der Waals surface area contributed by atoms with Gasteiger partial charge in [0.1, 0.15) is 18.0 Å². The summed E-state index contributed by atoms with van der Waals surface area (Å²) in [5, 5.41) is 0. The predicted molar refractivity (Wildman–Crippen MR) is 141 cm³/mol. The lowest BCUT2D eigenvalue weighted by Crippen LogP contribution is -2.18. The van der Waals surface area contributed by atoms with Crippen LogP contribution in [0.3, 0.4) is 0 Å². The maximum absolute atomic E-state index is 6.15. The molecule has 2 atom stereocenters. The van der Waals surface area contributed by atoms with Gasteiger partial charge < -0.3 is 28.4 Å². The number of halogens is 1. The molecule has 36 heavy (non-hydrogen) atoms. The molecule has 1 aliphatic rings. The molecule has 6 nitrogen and oxygen atoms in total. The molecule has 0 unspecified atom stereocenters. The Labute approximate surface area is 221 Å². The summed E-state index contributed by atoms with van der Waals surface area (Å²) < 4.78 is 37.0. The van der Waals surface area contributed by atoms with Crippen molar-refractivity contribution in [2.24, 2.45) is 0 Å². The smallest absolute Gasteiger partial charge is 0.129 e. The van der Waals surface area contributed by atoms with Crippen molar-refractivity contribution < 1.29 is 28.4 Å². The molecule has 0 aliphatic carbocycles. The monoisotopic (exact) mass is 556 g/mol. The van der Waals surface area contributed by atoms with Crippen molar-refractivity contribution in [3.63, 3.8) is 0 Å². The second-order valence-electron chi connectivity index (χ2n) is 8.44. The van der Waals surface area contributed by atoms with Gasteiger partial charge >= 0.3 is 0 Å². The molecule has 0 amide bonds. The first-order valence-corrected chi connectivity index (χ1v) is 13.0. The summed E-state index contributed by atoms with van der Waals surface area (Å²) >= 11 is 3.63. The van der Waals surface area contributed by atoms with Crippen molar-refractivity contribution in [1.82, 2.24) is 0 Å². The van der Waals surface area contributed by atoms with Gasteiger partial charge in [0, 0.05) is 15.6 Å². The fourth-order valence-corrected chi connectivity index (χ4v) is 4.71. The van der Waals surface area contributed by atoms with E-state index in [2.05, 4.69) is 15.9 Å². The quantitative estimate of drug-likeness (QED) is 0.392. The second kappa shape index (κ2) is 14.5. The average Bonchev–Trinajstić information content (AvgIpc) is 2.91. The molecular formula is C29H33BrO6. The molecule has 0 spiro atoms. The first kappa shape index (κ1) is 26.8. The summed E-state index contributed by atoms with van der Waals surface area (Å²) in [5.74, 6) is 0.766. The summed E-state index contributed by atoms with van der Waals surface area (Å²) in [6.45, 7) is 3.45. The van der Waals surface area contributed by atoms with Crippen molar-refractivity contribution in [2.75, 3.05) is 46.8 Å². The molecule has 3 aromatic rings. The molecule has 1 heterocycles. The Kier molecular flexibility index (Phi) is 10.8. The third-order valence-corrected chi connectivity index (χ3v) is 6.36. The van der Waals surface area contributed by atoms with Gasteiger partial charge in [-0.15, -0.1) is 0 Å². The third kappa shape index (κ3) is 7.87. The summed E-state index contributed by atoms with van der Waals surface area (Å²) in [6.07, 6.45) is -0.401. The SMILES string of the molecule is COc1c2cc(Br)cc1COC[C@H](c1ccccc1)OCCOCCO[C@@H](c1ccccc1)COC2. The minimum Gasteiger partial charge on any atom is -0.496 e. The van der Waals surface area contributed by atoms with Gasteiger partial charge in [-0.3, -0.25) is 0 Å². The zero-order valence-electron chi connectivity index (χ0n) is 20.6. The Hall–Kier alpha value is -2.26. The highest BCUT2D eigenvalue weighted by Gasteiger charge is 2.17. The Morgan fingerprint density at radius 2 is 1.14 bits per heavy atom. The molecule has 0 saturated carbocycles. The normalized spacial score (nSPS) is 20.7. The molecule has 2 bridgehead atoms. The number of hydrogen-bond acceptors (Lipinski definition) is 6. The number of benzene rings is 3. The number of hydrogen-bond donors (Lipinski definition) is 0. The Balaban J connectivity index is 1.53.